The number of amides is 1. The van der Waals surface area contributed by atoms with Crippen molar-refractivity contribution >= 4 is 17.6 Å². The van der Waals surface area contributed by atoms with Crippen LogP contribution in [-0.4, -0.2) is 41.2 Å². The number of rotatable bonds is 7. The second-order valence-corrected chi connectivity index (χ2v) is 5.28. The van der Waals surface area contributed by atoms with Crippen molar-refractivity contribution in [2.45, 2.75) is 32.2 Å². The smallest absolute Gasteiger partial charge is 0.326 e. The SMILES string of the molecule is CCCCC(NC(=O)c1cc2c(cc1[N+](=O)[O-])OCCO2)C(=O)O. The maximum absolute atomic E-state index is 12.4. The van der Waals surface area contributed by atoms with Crippen LogP contribution in [0, 0.1) is 10.1 Å². The highest BCUT2D eigenvalue weighted by Crippen LogP contribution is 2.36. The van der Waals surface area contributed by atoms with Crippen LogP contribution in [0.15, 0.2) is 12.1 Å². The zero-order valence-electron chi connectivity index (χ0n) is 13.1. The van der Waals surface area contributed by atoms with Crippen molar-refractivity contribution in [3.8, 4) is 11.5 Å². The summed E-state index contributed by atoms with van der Waals surface area (Å²) in [7, 11) is 0. The van der Waals surface area contributed by atoms with Gasteiger partial charge in [-0.15, -0.1) is 0 Å². The fourth-order valence-electron chi connectivity index (χ4n) is 2.31. The summed E-state index contributed by atoms with van der Waals surface area (Å²) in [6, 6.07) is 1.22. The number of nitro benzene ring substituents is 1. The minimum absolute atomic E-state index is 0.185. The molecular formula is C15H18N2O7. The highest BCUT2D eigenvalue weighted by molar-refractivity contribution is 6.00. The number of nitrogens with zero attached hydrogens (tertiary/aromatic N) is 1. The lowest BCUT2D eigenvalue weighted by Gasteiger charge is -2.19. The Morgan fingerprint density at radius 2 is 1.96 bits per heavy atom. The summed E-state index contributed by atoms with van der Waals surface area (Å²) in [4.78, 5) is 34.1. The number of nitrogens with one attached hydrogen (secondary N) is 1. The van der Waals surface area contributed by atoms with E-state index in [1.54, 1.807) is 0 Å². The number of fused-ring (bicyclic) bond motifs is 1. The van der Waals surface area contributed by atoms with Crippen molar-refractivity contribution in [3.63, 3.8) is 0 Å². The van der Waals surface area contributed by atoms with Crippen LogP contribution >= 0.6 is 0 Å². The Balaban J connectivity index is 2.30. The molecule has 9 nitrogen and oxygen atoms in total. The molecule has 0 radical (unpaired) electrons. The molecule has 9 heteroatoms. The molecular weight excluding hydrogens is 320 g/mol. The number of carboxylic acid groups (broad SMARTS) is 1. The molecule has 0 aromatic heterocycles. The predicted octanol–water partition coefficient (Wildman–Crippen LogP) is 1.74. The first kappa shape index (κ1) is 17.5. The Morgan fingerprint density at radius 1 is 1.33 bits per heavy atom. The minimum Gasteiger partial charge on any atom is -0.486 e. The van der Waals surface area contributed by atoms with Crippen molar-refractivity contribution in [3.05, 3.63) is 27.8 Å². The van der Waals surface area contributed by atoms with E-state index in [-0.39, 0.29) is 36.7 Å². The van der Waals surface area contributed by atoms with Gasteiger partial charge in [0.25, 0.3) is 11.6 Å². The number of hydrogen-bond acceptors (Lipinski definition) is 6. The molecule has 1 aliphatic heterocycles. The summed E-state index contributed by atoms with van der Waals surface area (Å²) in [5, 5.41) is 22.7. The van der Waals surface area contributed by atoms with Crippen LogP contribution in [0.5, 0.6) is 11.5 Å². The van der Waals surface area contributed by atoms with Crippen LogP contribution < -0.4 is 14.8 Å². The standard InChI is InChI=1S/C15H18N2O7/c1-2-3-4-10(15(19)20)16-14(18)9-7-12-13(24-6-5-23-12)8-11(9)17(21)22/h7-8,10H,2-6H2,1H3,(H,16,18)(H,19,20). The molecule has 1 amide bonds. The van der Waals surface area contributed by atoms with Gasteiger partial charge in [0.15, 0.2) is 11.5 Å². The third-order valence-electron chi connectivity index (χ3n) is 3.55. The molecule has 0 aliphatic carbocycles. The van der Waals surface area contributed by atoms with E-state index in [1.165, 1.54) is 6.07 Å². The zero-order chi connectivity index (χ0) is 17.7. The lowest BCUT2D eigenvalue weighted by Crippen LogP contribution is -2.41. The molecule has 0 spiro atoms. The van der Waals surface area contributed by atoms with Crippen LogP contribution in [0.4, 0.5) is 5.69 Å². The van der Waals surface area contributed by atoms with Crippen molar-refractivity contribution in [2.75, 3.05) is 13.2 Å². The maximum atomic E-state index is 12.4. The Bertz CT molecular complexity index is 659. The first-order valence-corrected chi connectivity index (χ1v) is 7.55. The van der Waals surface area contributed by atoms with Gasteiger partial charge in [-0.1, -0.05) is 19.8 Å². The number of aliphatic carboxylic acids is 1. The highest BCUT2D eigenvalue weighted by Gasteiger charge is 2.29. The van der Waals surface area contributed by atoms with Crippen molar-refractivity contribution < 1.29 is 29.1 Å². The van der Waals surface area contributed by atoms with Crippen LogP contribution in [-0.2, 0) is 4.79 Å². The summed E-state index contributed by atoms with van der Waals surface area (Å²) < 4.78 is 10.6. The molecule has 24 heavy (non-hydrogen) atoms. The van der Waals surface area contributed by atoms with Crippen molar-refractivity contribution in [1.82, 2.24) is 5.32 Å². The maximum Gasteiger partial charge on any atom is 0.326 e. The molecule has 1 aliphatic rings. The van der Waals surface area contributed by atoms with E-state index in [4.69, 9.17) is 9.47 Å². The number of ether oxygens (including phenoxy) is 2. The lowest BCUT2D eigenvalue weighted by molar-refractivity contribution is -0.385. The molecule has 0 fully saturated rings. The molecule has 1 aromatic carbocycles. The molecule has 1 aromatic rings. The molecule has 1 unspecified atom stereocenters. The summed E-state index contributed by atoms with van der Waals surface area (Å²) in [6.45, 7) is 2.42. The summed E-state index contributed by atoms with van der Waals surface area (Å²) in [5.41, 5.74) is -0.719. The van der Waals surface area contributed by atoms with E-state index in [1.807, 2.05) is 6.92 Å². The average Bonchev–Trinajstić information content (AvgIpc) is 2.56. The Kier molecular flexibility index (Phi) is 5.56. The monoisotopic (exact) mass is 338 g/mol. The molecule has 2 N–H and O–H groups in total. The number of nitro groups is 1. The van der Waals surface area contributed by atoms with Gasteiger partial charge in [0.1, 0.15) is 24.8 Å². The van der Waals surface area contributed by atoms with E-state index in [0.717, 1.165) is 12.5 Å². The Hall–Kier alpha value is -2.84. The normalized spacial score (nSPS) is 13.9. The Labute approximate surface area is 137 Å². The van der Waals surface area contributed by atoms with E-state index in [2.05, 4.69) is 5.32 Å². The number of carboxylic acids is 1. The second-order valence-electron chi connectivity index (χ2n) is 5.28. The van der Waals surface area contributed by atoms with Gasteiger partial charge in [0.05, 0.1) is 11.0 Å². The van der Waals surface area contributed by atoms with Gasteiger partial charge in [-0.2, -0.15) is 0 Å². The van der Waals surface area contributed by atoms with Crippen molar-refractivity contribution in [2.24, 2.45) is 0 Å². The van der Waals surface area contributed by atoms with E-state index < -0.39 is 28.5 Å². The van der Waals surface area contributed by atoms with Gasteiger partial charge in [-0.05, 0) is 6.42 Å². The fraction of sp³-hybridized carbons (Fsp3) is 0.467. The topological polar surface area (TPSA) is 128 Å². The molecule has 2 rings (SSSR count). The third kappa shape index (κ3) is 3.92. The van der Waals surface area contributed by atoms with Gasteiger partial charge in [-0.25, -0.2) is 4.79 Å². The molecule has 130 valence electrons. The van der Waals surface area contributed by atoms with Gasteiger partial charge in [-0.3, -0.25) is 14.9 Å². The first-order chi connectivity index (χ1) is 11.4. The molecule has 1 heterocycles. The van der Waals surface area contributed by atoms with E-state index in [9.17, 15) is 24.8 Å². The lowest BCUT2D eigenvalue weighted by atomic mass is 10.1. The van der Waals surface area contributed by atoms with Crippen LogP contribution in [0.2, 0.25) is 0 Å². The van der Waals surface area contributed by atoms with Gasteiger partial charge >= 0.3 is 5.97 Å². The number of carbonyl (C=O) groups excluding carboxylic acids is 1. The van der Waals surface area contributed by atoms with Crippen molar-refractivity contribution in [1.29, 1.82) is 0 Å². The minimum atomic E-state index is -1.18. The number of unbranched alkanes of at least 4 members (excludes halogenated alkanes) is 1. The van der Waals surface area contributed by atoms with Gasteiger partial charge in [0.2, 0.25) is 0 Å². The molecule has 0 saturated heterocycles. The van der Waals surface area contributed by atoms with Gasteiger partial charge < -0.3 is 19.9 Å². The molecule has 0 saturated carbocycles. The zero-order valence-corrected chi connectivity index (χ0v) is 13.1. The summed E-state index contributed by atoms with van der Waals surface area (Å²) in [6.07, 6.45) is 1.63. The third-order valence-corrected chi connectivity index (χ3v) is 3.55. The molecule has 1 atom stereocenters. The van der Waals surface area contributed by atoms with Crippen LogP contribution in [0.1, 0.15) is 36.5 Å². The quantitative estimate of drug-likeness (QED) is 0.572. The van der Waals surface area contributed by atoms with E-state index >= 15 is 0 Å². The van der Waals surface area contributed by atoms with Crippen LogP contribution in [0.25, 0.3) is 0 Å². The highest BCUT2D eigenvalue weighted by atomic mass is 16.6. The average molecular weight is 338 g/mol. The Morgan fingerprint density at radius 3 is 2.50 bits per heavy atom. The fourth-order valence-corrected chi connectivity index (χ4v) is 2.31. The summed E-state index contributed by atoms with van der Waals surface area (Å²) >= 11 is 0. The largest absolute Gasteiger partial charge is 0.486 e. The van der Waals surface area contributed by atoms with E-state index in [0.29, 0.717) is 6.42 Å². The second kappa shape index (κ2) is 7.62. The van der Waals surface area contributed by atoms with Gasteiger partial charge in [0, 0.05) is 6.07 Å². The number of benzene rings is 1. The molecule has 0 bridgehead atoms. The number of hydrogen-bond donors (Lipinski definition) is 2. The first-order valence-electron chi connectivity index (χ1n) is 7.55. The number of carbonyl (C=O) groups is 2. The summed E-state index contributed by atoms with van der Waals surface area (Å²) in [5.74, 6) is -1.61. The predicted molar refractivity (Wildman–Crippen MR) is 82.5 cm³/mol. The van der Waals surface area contributed by atoms with Crippen LogP contribution in [0.3, 0.4) is 0 Å².